The predicted molar refractivity (Wildman–Crippen MR) is 88.0 cm³/mol. The highest BCUT2D eigenvalue weighted by atomic mass is 32.1. The van der Waals surface area contributed by atoms with Gasteiger partial charge in [0.2, 0.25) is 11.8 Å². The van der Waals surface area contributed by atoms with Gasteiger partial charge in [0, 0.05) is 25.9 Å². The third kappa shape index (κ3) is 2.97. The summed E-state index contributed by atoms with van der Waals surface area (Å²) in [6, 6.07) is 6.03. The minimum Gasteiger partial charge on any atom is -0.343 e. The van der Waals surface area contributed by atoms with Crippen molar-refractivity contribution in [3.63, 3.8) is 0 Å². The van der Waals surface area contributed by atoms with Gasteiger partial charge in [0.05, 0.1) is 10.2 Å². The van der Waals surface area contributed by atoms with Gasteiger partial charge in [-0.05, 0) is 31.4 Å². The number of hydrogen-bond acceptors (Lipinski definition) is 4. The highest BCUT2D eigenvalue weighted by Gasteiger charge is 2.26. The normalized spacial score (nSPS) is 16.0. The van der Waals surface area contributed by atoms with E-state index in [9.17, 15) is 9.59 Å². The fourth-order valence-electron chi connectivity index (χ4n) is 2.80. The lowest BCUT2D eigenvalue weighted by Crippen LogP contribution is -2.40. The first-order chi connectivity index (χ1) is 10.5. The topological polar surface area (TPSA) is 62.3 Å². The molecule has 3 rings (SSSR count). The highest BCUT2D eigenvalue weighted by Crippen LogP contribution is 2.29. The van der Waals surface area contributed by atoms with Gasteiger partial charge in [-0.3, -0.25) is 9.59 Å². The van der Waals surface area contributed by atoms with Crippen molar-refractivity contribution in [2.75, 3.05) is 18.4 Å². The average Bonchev–Trinajstić information content (AvgIpc) is 2.91. The maximum absolute atomic E-state index is 12.4. The van der Waals surface area contributed by atoms with Gasteiger partial charge >= 0.3 is 0 Å². The zero-order valence-corrected chi connectivity index (χ0v) is 13.6. The first-order valence-corrected chi connectivity index (χ1v) is 8.29. The van der Waals surface area contributed by atoms with Crippen molar-refractivity contribution >= 4 is 38.5 Å². The number of likely N-dealkylation sites (tertiary alicyclic amines) is 1. The third-order valence-electron chi connectivity index (χ3n) is 4.16. The van der Waals surface area contributed by atoms with E-state index >= 15 is 0 Å². The van der Waals surface area contributed by atoms with Crippen molar-refractivity contribution in [2.24, 2.45) is 5.92 Å². The van der Waals surface area contributed by atoms with Crippen molar-refractivity contribution in [3.05, 3.63) is 23.8 Å². The van der Waals surface area contributed by atoms with Crippen LogP contribution in [0.25, 0.3) is 10.2 Å². The Labute approximate surface area is 133 Å². The maximum Gasteiger partial charge on any atom is 0.229 e. The highest BCUT2D eigenvalue weighted by molar-refractivity contribution is 7.22. The first kappa shape index (κ1) is 15.0. The number of amides is 2. The van der Waals surface area contributed by atoms with Crippen LogP contribution in [-0.4, -0.2) is 34.8 Å². The second-order valence-electron chi connectivity index (χ2n) is 5.71. The largest absolute Gasteiger partial charge is 0.343 e. The molecule has 0 aliphatic carbocycles. The minimum atomic E-state index is -0.0382. The molecular weight excluding hydrogens is 298 g/mol. The number of rotatable bonds is 2. The molecule has 5 nitrogen and oxygen atoms in total. The van der Waals surface area contributed by atoms with Gasteiger partial charge in [0.15, 0.2) is 5.13 Å². The van der Waals surface area contributed by atoms with E-state index in [4.69, 9.17) is 0 Å². The summed E-state index contributed by atoms with van der Waals surface area (Å²) < 4.78 is 1.08. The van der Waals surface area contributed by atoms with E-state index in [0.29, 0.717) is 18.2 Å². The summed E-state index contributed by atoms with van der Waals surface area (Å²) in [6.07, 6.45) is 1.44. The molecule has 1 aliphatic rings. The Morgan fingerprint density at radius 1 is 1.32 bits per heavy atom. The fourth-order valence-corrected chi connectivity index (χ4v) is 3.75. The van der Waals surface area contributed by atoms with E-state index in [-0.39, 0.29) is 17.7 Å². The van der Waals surface area contributed by atoms with Crippen molar-refractivity contribution in [3.8, 4) is 0 Å². The number of hydrogen-bond donors (Lipinski definition) is 1. The summed E-state index contributed by atoms with van der Waals surface area (Å²) >= 11 is 1.50. The summed E-state index contributed by atoms with van der Waals surface area (Å²) in [4.78, 5) is 30.0. The van der Waals surface area contributed by atoms with Crippen LogP contribution >= 0.6 is 11.3 Å². The van der Waals surface area contributed by atoms with Crippen LogP contribution in [0.15, 0.2) is 18.2 Å². The Morgan fingerprint density at radius 3 is 2.68 bits per heavy atom. The number of carbonyl (C=O) groups is 2. The molecule has 1 aromatic heterocycles. The molecule has 0 unspecified atom stereocenters. The van der Waals surface area contributed by atoms with E-state index in [0.717, 1.165) is 28.6 Å². The molecule has 0 saturated carbocycles. The van der Waals surface area contributed by atoms with Gasteiger partial charge in [-0.25, -0.2) is 4.98 Å². The lowest BCUT2D eigenvalue weighted by atomic mass is 9.96. The lowest BCUT2D eigenvalue weighted by molar-refractivity contribution is -0.132. The number of benzene rings is 1. The number of piperidine rings is 1. The quantitative estimate of drug-likeness (QED) is 0.926. The van der Waals surface area contributed by atoms with Gasteiger partial charge < -0.3 is 10.2 Å². The number of nitrogens with one attached hydrogen (secondary N) is 1. The number of aromatic nitrogens is 1. The van der Waals surface area contributed by atoms with Gasteiger partial charge in [0.25, 0.3) is 0 Å². The van der Waals surface area contributed by atoms with E-state index in [1.807, 2.05) is 25.1 Å². The molecule has 22 heavy (non-hydrogen) atoms. The van der Waals surface area contributed by atoms with Gasteiger partial charge in [-0.15, -0.1) is 0 Å². The summed E-state index contributed by atoms with van der Waals surface area (Å²) in [5.41, 5.74) is 2.07. The van der Waals surface area contributed by atoms with Crippen LogP contribution in [0, 0.1) is 12.8 Å². The number of thiazole rings is 1. The number of anilines is 1. The number of para-hydroxylation sites is 1. The summed E-state index contributed by atoms with van der Waals surface area (Å²) in [6.45, 7) is 4.91. The molecular formula is C16H19N3O2S. The Morgan fingerprint density at radius 2 is 2.05 bits per heavy atom. The molecule has 1 saturated heterocycles. The van der Waals surface area contributed by atoms with Crippen molar-refractivity contribution in [2.45, 2.75) is 26.7 Å². The maximum atomic E-state index is 12.4. The molecule has 2 amide bonds. The van der Waals surface area contributed by atoms with E-state index < -0.39 is 0 Å². The standard InChI is InChI=1S/C16H19N3O2S/c1-10-4-3-5-13-14(10)17-16(22-13)18-15(21)12-6-8-19(9-7-12)11(2)20/h3-5,12H,6-9H2,1-2H3,(H,17,18,21). The number of nitrogens with zero attached hydrogens (tertiary/aromatic N) is 2. The second kappa shape index (κ2) is 6.04. The van der Waals surface area contributed by atoms with Crippen LogP contribution in [-0.2, 0) is 9.59 Å². The minimum absolute atomic E-state index is 0.0138. The molecule has 0 bridgehead atoms. The molecule has 1 N–H and O–H groups in total. The molecule has 116 valence electrons. The average molecular weight is 317 g/mol. The van der Waals surface area contributed by atoms with Gasteiger partial charge in [-0.2, -0.15) is 0 Å². The van der Waals surface area contributed by atoms with Crippen LogP contribution in [0.2, 0.25) is 0 Å². The zero-order chi connectivity index (χ0) is 15.7. The van der Waals surface area contributed by atoms with Crippen LogP contribution in [0.4, 0.5) is 5.13 Å². The van der Waals surface area contributed by atoms with Gasteiger partial charge in [0.1, 0.15) is 0 Å². The van der Waals surface area contributed by atoms with Crippen LogP contribution in [0.3, 0.4) is 0 Å². The SMILES string of the molecule is CC(=O)N1CCC(C(=O)Nc2nc3c(C)cccc3s2)CC1. The fraction of sp³-hybridized carbons (Fsp3) is 0.438. The molecule has 2 heterocycles. The van der Waals surface area contributed by atoms with E-state index in [1.54, 1.807) is 11.8 Å². The van der Waals surface area contributed by atoms with E-state index in [1.165, 1.54) is 11.3 Å². The monoisotopic (exact) mass is 317 g/mol. The lowest BCUT2D eigenvalue weighted by Gasteiger charge is -2.30. The Hall–Kier alpha value is -1.95. The molecule has 1 aromatic carbocycles. The van der Waals surface area contributed by atoms with Crippen LogP contribution in [0.5, 0.6) is 0 Å². The summed E-state index contributed by atoms with van der Waals surface area (Å²) in [5, 5.41) is 3.59. The molecule has 0 atom stereocenters. The Balaban J connectivity index is 1.66. The number of carbonyl (C=O) groups excluding carboxylic acids is 2. The summed E-state index contributed by atoms with van der Waals surface area (Å²) in [5.74, 6) is 0.0594. The molecule has 0 spiro atoms. The summed E-state index contributed by atoms with van der Waals surface area (Å²) in [7, 11) is 0. The third-order valence-corrected chi connectivity index (χ3v) is 5.10. The van der Waals surface area contributed by atoms with Crippen molar-refractivity contribution in [1.29, 1.82) is 0 Å². The van der Waals surface area contributed by atoms with Crippen LogP contribution < -0.4 is 5.32 Å². The Bertz CT molecular complexity index is 717. The Kier molecular flexibility index (Phi) is 4.11. The second-order valence-corrected chi connectivity index (χ2v) is 6.74. The molecule has 1 aliphatic heterocycles. The predicted octanol–water partition coefficient (Wildman–Crippen LogP) is 2.80. The molecule has 2 aromatic rings. The molecule has 0 radical (unpaired) electrons. The van der Waals surface area contributed by atoms with Crippen molar-refractivity contribution in [1.82, 2.24) is 9.88 Å². The smallest absolute Gasteiger partial charge is 0.229 e. The number of fused-ring (bicyclic) bond motifs is 1. The van der Waals surface area contributed by atoms with Gasteiger partial charge in [-0.1, -0.05) is 23.5 Å². The first-order valence-electron chi connectivity index (χ1n) is 7.47. The number of aryl methyl sites for hydroxylation is 1. The van der Waals surface area contributed by atoms with E-state index in [2.05, 4.69) is 10.3 Å². The van der Waals surface area contributed by atoms with Crippen molar-refractivity contribution < 1.29 is 9.59 Å². The van der Waals surface area contributed by atoms with Crippen LogP contribution in [0.1, 0.15) is 25.3 Å². The molecule has 1 fully saturated rings. The zero-order valence-electron chi connectivity index (χ0n) is 12.8. The molecule has 6 heteroatoms.